The lowest BCUT2D eigenvalue weighted by Gasteiger charge is -2.09. The van der Waals surface area contributed by atoms with Crippen molar-refractivity contribution in [2.45, 2.75) is 32.1 Å². The van der Waals surface area contributed by atoms with E-state index in [1.54, 1.807) is 0 Å². The molecule has 0 saturated carbocycles. The number of rotatable bonds is 1. The lowest BCUT2D eigenvalue weighted by atomic mass is 10.4. The second kappa shape index (κ2) is 6.37. The molecular weight excluding hydrogens is 136 g/mol. The first kappa shape index (κ1) is 9.25. The summed E-state index contributed by atoms with van der Waals surface area (Å²) in [6.45, 7) is 6.05. The minimum Gasteiger partial charge on any atom is -0.381 e. The van der Waals surface area contributed by atoms with E-state index in [1.165, 1.54) is 6.42 Å². The smallest absolute Gasteiger partial charge is 0.0488 e. The summed E-state index contributed by atoms with van der Waals surface area (Å²) in [4.78, 5) is 0. The highest BCUT2D eigenvalue weighted by molar-refractivity contribution is 6.20. The maximum absolute atomic E-state index is 5.46. The van der Waals surface area contributed by atoms with Crippen LogP contribution >= 0.6 is 11.6 Å². The van der Waals surface area contributed by atoms with Gasteiger partial charge in [-0.05, 0) is 19.8 Å². The zero-order chi connectivity index (χ0) is 7.11. The van der Waals surface area contributed by atoms with Crippen molar-refractivity contribution in [1.29, 1.82) is 0 Å². The SMILES string of the molecule is C1COC1.CCC(C)Cl. The fourth-order valence-electron chi connectivity index (χ4n) is 0.144. The third-order valence-corrected chi connectivity index (χ3v) is 1.45. The molecule has 0 amide bonds. The average molecular weight is 151 g/mol. The predicted octanol–water partition coefficient (Wildman–Crippen LogP) is 2.43. The van der Waals surface area contributed by atoms with Gasteiger partial charge in [0.25, 0.3) is 0 Å². The summed E-state index contributed by atoms with van der Waals surface area (Å²) in [5.41, 5.74) is 0. The van der Waals surface area contributed by atoms with Crippen LogP contribution in [0.5, 0.6) is 0 Å². The molecule has 1 rings (SSSR count). The van der Waals surface area contributed by atoms with Crippen LogP contribution in [0.2, 0.25) is 0 Å². The van der Waals surface area contributed by atoms with Gasteiger partial charge >= 0.3 is 0 Å². The molecule has 1 aliphatic rings. The van der Waals surface area contributed by atoms with Crippen molar-refractivity contribution < 1.29 is 4.74 Å². The van der Waals surface area contributed by atoms with Gasteiger partial charge in [0.2, 0.25) is 0 Å². The van der Waals surface area contributed by atoms with E-state index in [0.717, 1.165) is 19.6 Å². The van der Waals surface area contributed by atoms with Crippen LogP contribution in [-0.2, 0) is 4.74 Å². The van der Waals surface area contributed by atoms with Gasteiger partial charge in [0, 0.05) is 18.6 Å². The van der Waals surface area contributed by atoms with Crippen LogP contribution in [-0.4, -0.2) is 18.6 Å². The van der Waals surface area contributed by atoms with E-state index in [1.807, 2.05) is 6.92 Å². The number of alkyl halides is 1. The van der Waals surface area contributed by atoms with Crippen LogP contribution in [0.1, 0.15) is 26.7 Å². The minimum absolute atomic E-state index is 0.356. The number of hydrogen-bond donors (Lipinski definition) is 0. The topological polar surface area (TPSA) is 9.23 Å². The van der Waals surface area contributed by atoms with Crippen molar-refractivity contribution in [3.05, 3.63) is 0 Å². The fraction of sp³-hybridized carbons (Fsp3) is 1.00. The van der Waals surface area contributed by atoms with E-state index >= 15 is 0 Å². The highest BCUT2D eigenvalue weighted by Crippen LogP contribution is 1.95. The molecule has 0 spiro atoms. The Labute approximate surface area is 62.3 Å². The van der Waals surface area contributed by atoms with Gasteiger partial charge in [-0.25, -0.2) is 0 Å². The molecule has 0 bridgehead atoms. The summed E-state index contributed by atoms with van der Waals surface area (Å²) in [5.74, 6) is 0. The van der Waals surface area contributed by atoms with E-state index in [4.69, 9.17) is 16.3 Å². The molecule has 1 unspecified atom stereocenters. The summed E-state index contributed by atoms with van der Waals surface area (Å²) in [6.07, 6.45) is 2.35. The molecule has 9 heavy (non-hydrogen) atoms. The third-order valence-electron chi connectivity index (χ3n) is 1.14. The molecule has 0 aromatic heterocycles. The van der Waals surface area contributed by atoms with Crippen molar-refractivity contribution >= 4 is 11.6 Å². The normalized spacial score (nSPS) is 19.0. The maximum atomic E-state index is 5.46. The van der Waals surface area contributed by atoms with Crippen molar-refractivity contribution in [1.82, 2.24) is 0 Å². The van der Waals surface area contributed by atoms with Gasteiger partial charge in [-0.15, -0.1) is 11.6 Å². The van der Waals surface area contributed by atoms with E-state index in [-0.39, 0.29) is 0 Å². The Morgan fingerprint density at radius 3 is 1.78 bits per heavy atom. The van der Waals surface area contributed by atoms with Crippen molar-refractivity contribution in [3.63, 3.8) is 0 Å². The second-order valence-electron chi connectivity index (χ2n) is 2.15. The van der Waals surface area contributed by atoms with E-state index in [2.05, 4.69) is 6.92 Å². The van der Waals surface area contributed by atoms with Crippen LogP contribution in [0.25, 0.3) is 0 Å². The standard InChI is InChI=1S/C4H9Cl.C3H6O/c1-3-4(2)5;1-2-4-3-1/h4H,3H2,1-2H3;1-3H2. The molecule has 1 atom stereocenters. The first-order chi connectivity index (χ1) is 4.27. The second-order valence-corrected chi connectivity index (χ2v) is 2.90. The molecule has 2 heteroatoms. The Morgan fingerprint density at radius 2 is 1.78 bits per heavy atom. The Morgan fingerprint density at radius 1 is 1.56 bits per heavy atom. The third kappa shape index (κ3) is 8.25. The summed E-state index contributed by atoms with van der Waals surface area (Å²) in [7, 11) is 0. The summed E-state index contributed by atoms with van der Waals surface area (Å²) < 4.78 is 4.72. The van der Waals surface area contributed by atoms with Crippen LogP contribution in [0, 0.1) is 0 Å². The van der Waals surface area contributed by atoms with Gasteiger partial charge in [-0.3, -0.25) is 0 Å². The molecule has 0 N–H and O–H groups in total. The van der Waals surface area contributed by atoms with E-state index < -0.39 is 0 Å². The number of ether oxygens (including phenoxy) is 1. The van der Waals surface area contributed by atoms with Crippen LogP contribution in [0.4, 0.5) is 0 Å². The maximum Gasteiger partial charge on any atom is 0.0488 e. The fourth-order valence-corrected chi connectivity index (χ4v) is 0.144. The zero-order valence-corrected chi connectivity index (χ0v) is 6.95. The Kier molecular flexibility index (Phi) is 6.55. The molecule has 56 valence electrons. The quantitative estimate of drug-likeness (QED) is 0.522. The van der Waals surface area contributed by atoms with Gasteiger partial charge in [-0.1, -0.05) is 6.92 Å². The number of halogens is 1. The Hall–Kier alpha value is 0.250. The van der Waals surface area contributed by atoms with Gasteiger partial charge in [0.05, 0.1) is 0 Å². The van der Waals surface area contributed by atoms with Crippen molar-refractivity contribution in [3.8, 4) is 0 Å². The van der Waals surface area contributed by atoms with Crippen molar-refractivity contribution in [2.75, 3.05) is 13.2 Å². The highest BCUT2D eigenvalue weighted by atomic mass is 35.5. The van der Waals surface area contributed by atoms with Gasteiger partial charge < -0.3 is 4.74 Å². The minimum atomic E-state index is 0.356. The largest absolute Gasteiger partial charge is 0.381 e. The van der Waals surface area contributed by atoms with Gasteiger partial charge in [0.15, 0.2) is 0 Å². The molecule has 0 aromatic carbocycles. The van der Waals surface area contributed by atoms with E-state index in [0.29, 0.717) is 5.38 Å². The van der Waals surface area contributed by atoms with E-state index in [9.17, 15) is 0 Å². The molecule has 1 saturated heterocycles. The average Bonchev–Trinajstić information content (AvgIpc) is 1.61. The van der Waals surface area contributed by atoms with Crippen LogP contribution in [0.3, 0.4) is 0 Å². The summed E-state index contributed by atoms with van der Waals surface area (Å²) in [6, 6.07) is 0. The van der Waals surface area contributed by atoms with Crippen LogP contribution in [0.15, 0.2) is 0 Å². The molecule has 1 fully saturated rings. The number of hydrogen-bond acceptors (Lipinski definition) is 1. The van der Waals surface area contributed by atoms with Crippen molar-refractivity contribution in [2.24, 2.45) is 0 Å². The molecule has 0 aliphatic carbocycles. The lowest BCUT2D eigenvalue weighted by molar-refractivity contribution is 0.0367. The van der Waals surface area contributed by atoms with Gasteiger partial charge in [0.1, 0.15) is 0 Å². The molecule has 0 aromatic rings. The first-order valence-corrected chi connectivity index (χ1v) is 3.92. The highest BCUT2D eigenvalue weighted by Gasteiger charge is 1.94. The van der Waals surface area contributed by atoms with Gasteiger partial charge in [-0.2, -0.15) is 0 Å². The monoisotopic (exact) mass is 150 g/mol. The predicted molar refractivity (Wildman–Crippen MR) is 41.0 cm³/mol. The zero-order valence-electron chi connectivity index (χ0n) is 6.19. The van der Waals surface area contributed by atoms with Crippen LogP contribution < -0.4 is 0 Å². The molecule has 1 aliphatic heterocycles. The summed E-state index contributed by atoms with van der Waals surface area (Å²) in [5, 5.41) is 0.356. The Balaban J connectivity index is 0.000000144. The molecule has 0 radical (unpaired) electrons. The molecule has 1 nitrogen and oxygen atoms in total. The first-order valence-electron chi connectivity index (χ1n) is 3.49. The summed E-state index contributed by atoms with van der Waals surface area (Å²) >= 11 is 5.46. The lowest BCUT2D eigenvalue weighted by Crippen LogP contribution is -2.09. The molecular formula is C7H15ClO. The Bertz CT molecular complexity index is 46.9. The molecule has 1 heterocycles.